The Balaban J connectivity index is 2.17. The highest BCUT2D eigenvalue weighted by atomic mass is 32.2. The van der Waals surface area contributed by atoms with Crippen molar-refractivity contribution in [2.24, 2.45) is 5.92 Å². The van der Waals surface area contributed by atoms with Crippen LogP contribution in [0.4, 0.5) is 8.78 Å². The van der Waals surface area contributed by atoms with E-state index in [-0.39, 0.29) is 23.5 Å². The van der Waals surface area contributed by atoms with Crippen LogP contribution in [0.25, 0.3) is 0 Å². The van der Waals surface area contributed by atoms with Crippen LogP contribution in [-0.2, 0) is 11.4 Å². The van der Waals surface area contributed by atoms with Crippen molar-refractivity contribution in [2.45, 2.75) is 44.3 Å². The maximum atomic E-state index is 12.4. The van der Waals surface area contributed by atoms with Gasteiger partial charge in [-0.3, -0.25) is 0 Å². The third-order valence-corrected chi connectivity index (χ3v) is 3.78. The summed E-state index contributed by atoms with van der Waals surface area (Å²) in [7, 11) is 0. The molecule has 0 amide bonds. The van der Waals surface area contributed by atoms with E-state index in [1.807, 2.05) is 20.8 Å². The lowest BCUT2D eigenvalue weighted by molar-refractivity contribution is -0.108. The van der Waals surface area contributed by atoms with Gasteiger partial charge in [-0.2, -0.15) is 0 Å². The van der Waals surface area contributed by atoms with Crippen LogP contribution in [-0.4, -0.2) is 21.8 Å². The van der Waals surface area contributed by atoms with E-state index >= 15 is 0 Å². The van der Waals surface area contributed by atoms with Gasteiger partial charge in [0.15, 0.2) is 0 Å². The van der Waals surface area contributed by atoms with Crippen LogP contribution >= 0.6 is 0 Å². The normalized spacial score (nSPS) is 24.4. The number of alkyl halides is 2. The summed E-state index contributed by atoms with van der Waals surface area (Å²) in [6.45, 7) is 5.99. The Kier molecular flexibility index (Phi) is 3.44. The second-order valence-corrected chi connectivity index (χ2v) is 6.91. The first-order valence-corrected chi connectivity index (χ1v) is 5.89. The van der Waals surface area contributed by atoms with E-state index in [4.69, 9.17) is 0 Å². The lowest BCUT2D eigenvalue weighted by Gasteiger charge is -2.35. The summed E-state index contributed by atoms with van der Waals surface area (Å²) in [4.78, 5) is 0. The van der Waals surface area contributed by atoms with Gasteiger partial charge in [0.05, 0.1) is 0 Å². The highest BCUT2D eigenvalue weighted by Crippen LogP contribution is 2.41. The minimum absolute atomic E-state index is 0.0173. The van der Waals surface area contributed by atoms with Gasteiger partial charge in [-0.15, -0.1) is 4.72 Å². The van der Waals surface area contributed by atoms with Gasteiger partial charge in [-0.1, -0.05) is 0 Å². The van der Waals surface area contributed by atoms with E-state index in [1.54, 1.807) is 0 Å². The molecule has 0 aromatic rings. The van der Waals surface area contributed by atoms with Crippen molar-refractivity contribution >= 4 is 11.4 Å². The molecule has 0 aromatic carbocycles. The number of rotatable bonds is 3. The largest absolute Gasteiger partial charge is 0.598 e. The molecule has 1 aliphatic carbocycles. The quantitative estimate of drug-likeness (QED) is 0.746. The van der Waals surface area contributed by atoms with E-state index in [0.29, 0.717) is 6.54 Å². The molecule has 0 aliphatic heterocycles. The maximum Gasteiger partial charge on any atom is 0.248 e. The fraction of sp³-hybridized carbons (Fsp3) is 1.00. The smallest absolute Gasteiger partial charge is 0.248 e. The predicted molar refractivity (Wildman–Crippen MR) is 53.6 cm³/mol. The summed E-state index contributed by atoms with van der Waals surface area (Å²) in [6.07, 6.45) is -0.136. The summed E-state index contributed by atoms with van der Waals surface area (Å²) >= 11 is -1.15. The molecule has 1 aliphatic rings. The first-order chi connectivity index (χ1) is 6.21. The molecular formula is C9H17F2NOS. The van der Waals surface area contributed by atoms with Gasteiger partial charge in [0, 0.05) is 30.7 Å². The lowest BCUT2D eigenvalue weighted by atomic mass is 9.82. The third-order valence-electron chi connectivity index (χ3n) is 2.23. The van der Waals surface area contributed by atoms with Crippen molar-refractivity contribution in [3.8, 4) is 0 Å². The van der Waals surface area contributed by atoms with Crippen LogP contribution < -0.4 is 4.72 Å². The molecule has 0 spiro atoms. The summed E-state index contributed by atoms with van der Waals surface area (Å²) in [5.41, 5.74) is 0. The Morgan fingerprint density at radius 3 is 2.29 bits per heavy atom. The zero-order chi connectivity index (χ0) is 11.0. The van der Waals surface area contributed by atoms with Crippen LogP contribution in [0.1, 0.15) is 33.6 Å². The molecule has 14 heavy (non-hydrogen) atoms. The lowest BCUT2D eigenvalue weighted by Crippen LogP contribution is -2.46. The molecule has 0 saturated heterocycles. The standard InChI is InChI=1S/C9H17F2NOS/c1-8(2,3)14(13)12-6-7-4-9(10,11)5-7/h7,12H,4-6H2,1-3H3/t14-/m0/s1. The van der Waals surface area contributed by atoms with Gasteiger partial charge in [0.1, 0.15) is 4.75 Å². The Bertz CT molecular complexity index is 197. The van der Waals surface area contributed by atoms with E-state index in [1.165, 1.54) is 0 Å². The van der Waals surface area contributed by atoms with Gasteiger partial charge in [0.25, 0.3) is 0 Å². The van der Waals surface area contributed by atoms with Crippen LogP contribution in [0.2, 0.25) is 0 Å². The molecule has 84 valence electrons. The van der Waals surface area contributed by atoms with Crippen LogP contribution in [0.15, 0.2) is 0 Å². The Hall–Kier alpha value is 0.130. The van der Waals surface area contributed by atoms with E-state index < -0.39 is 17.3 Å². The van der Waals surface area contributed by atoms with Gasteiger partial charge >= 0.3 is 0 Å². The zero-order valence-electron chi connectivity index (χ0n) is 8.77. The molecule has 1 N–H and O–H groups in total. The SMILES string of the molecule is CC(C)(C)[S@+]([O-])NCC1CC(F)(F)C1. The number of hydrogen-bond donors (Lipinski definition) is 1. The van der Waals surface area contributed by atoms with Gasteiger partial charge < -0.3 is 4.55 Å². The molecule has 0 unspecified atom stereocenters. The van der Waals surface area contributed by atoms with E-state index in [9.17, 15) is 13.3 Å². The third kappa shape index (κ3) is 3.37. The summed E-state index contributed by atoms with van der Waals surface area (Å²) in [6, 6.07) is 0. The molecule has 0 aromatic heterocycles. The Morgan fingerprint density at radius 2 is 1.93 bits per heavy atom. The van der Waals surface area contributed by atoms with Gasteiger partial charge in [0.2, 0.25) is 5.92 Å². The second-order valence-electron chi connectivity index (χ2n) is 4.86. The fourth-order valence-corrected chi connectivity index (χ4v) is 2.16. The zero-order valence-corrected chi connectivity index (χ0v) is 9.59. The number of nitrogens with one attached hydrogen (secondary N) is 1. The summed E-state index contributed by atoms with van der Waals surface area (Å²) < 4.78 is 38.8. The van der Waals surface area contributed by atoms with Crippen molar-refractivity contribution in [3.05, 3.63) is 0 Å². The van der Waals surface area contributed by atoms with Crippen molar-refractivity contribution < 1.29 is 13.3 Å². The summed E-state index contributed by atoms with van der Waals surface area (Å²) in [5, 5.41) is 0. The van der Waals surface area contributed by atoms with Crippen molar-refractivity contribution in [3.63, 3.8) is 0 Å². The minimum atomic E-state index is -2.48. The molecular weight excluding hydrogens is 208 g/mol. The minimum Gasteiger partial charge on any atom is -0.598 e. The average molecular weight is 225 g/mol. The van der Waals surface area contributed by atoms with E-state index in [2.05, 4.69) is 4.72 Å². The molecule has 0 bridgehead atoms. The van der Waals surface area contributed by atoms with Crippen molar-refractivity contribution in [1.29, 1.82) is 0 Å². The Morgan fingerprint density at radius 1 is 1.43 bits per heavy atom. The van der Waals surface area contributed by atoms with Gasteiger partial charge in [-0.05, 0) is 26.7 Å². The topological polar surface area (TPSA) is 35.1 Å². The first-order valence-electron chi connectivity index (χ1n) is 4.74. The molecule has 2 nitrogen and oxygen atoms in total. The van der Waals surface area contributed by atoms with Crippen LogP contribution in [0.3, 0.4) is 0 Å². The molecule has 5 heteroatoms. The van der Waals surface area contributed by atoms with Crippen molar-refractivity contribution in [1.82, 2.24) is 4.72 Å². The van der Waals surface area contributed by atoms with Crippen LogP contribution in [0, 0.1) is 5.92 Å². The first kappa shape index (κ1) is 12.2. The number of halogens is 2. The second kappa shape index (κ2) is 3.94. The molecule has 1 atom stereocenters. The molecule has 0 radical (unpaired) electrons. The monoisotopic (exact) mass is 225 g/mol. The average Bonchev–Trinajstić information content (AvgIpc) is 1.93. The van der Waals surface area contributed by atoms with Crippen molar-refractivity contribution in [2.75, 3.05) is 6.54 Å². The molecule has 1 saturated carbocycles. The highest BCUT2D eigenvalue weighted by Gasteiger charge is 2.45. The summed E-state index contributed by atoms with van der Waals surface area (Å²) in [5.74, 6) is -2.49. The predicted octanol–water partition coefficient (Wildman–Crippen LogP) is 2.08. The molecule has 1 fully saturated rings. The van der Waals surface area contributed by atoms with Crippen LogP contribution in [0.5, 0.6) is 0 Å². The van der Waals surface area contributed by atoms with E-state index in [0.717, 1.165) is 0 Å². The number of hydrogen-bond acceptors (Lipinski definition) is 2. The Labute approximate surface area is 86.8 Å². The molecule has 0 heterocycles. The van der Waals surface area contributed by atoms with Gasteiger partial charge in [-0.25, -0.2) is 8.78 Å². The fourth-order valence-electron chi connectivity index (χ4n) is 1.34. The molecule has 1 rings (SSSR count). The maximum absolute atomic E-state index is 12.4. The highest BCUT2D eigenvalue weighted by molar-refractivity contribution is 7.90.